The van der Waals surface area contributed by atoms with E-state index in [0.717, 1.165) is 5.56 Å². The average molecular weight is 483 g/mol. The molecule has 9 heteroatoms. The van der Waals surface area contributed by atoms with Gasteiger partial charge in [-0.2, -0.15) is 4.31 Å². The number of ether oxygens (including phenoxy) is 2. The molecule has 0 bridgehead atoms. The Balaban J connectivity index is 1.87. The molecule has 0 saturated carbocycles. The van der Waals surface area contributed by atoms with Crippen LogP contribution in [0.3, 0.4) is 0 Å². The zero-order valence-corrected chi connectivity index (χ0v) is 20.2. The van der Waals surface area contributed by atoms with E-state index in [2.05, 4.69) is 5.32 Å². The molecule has 0 spiro atoms. The van der Waals surface area contributed by atoms with Crippen LogP contribution in [0.1, 0.15) is 31.8 Å². The molecule has 0 aliphatic heterocycles. The standard InChI is InChI=1S/C25H26N2O6S/c1-17-9-12-20(13-10-17)34(30,31)27(2)16-19-15-18(11-14-23(19)32-3)24(28)26-22-8-6-5-7-21(22)25(29)33-4/h5-15H,16H2,1-4H3,(H,26,28). The quantitative estimate of drug-likeness (QED) is 0.489. The first-order chi connectivity index (χ1) is 16.2. The van der Waals surface area contributed by atoms with E-state index in [1.165, 1.54) is 25.6 Å². The van der Waals surface area contributed by atoms with Gasteiger partial charge in [-0.15, -0.1) is 0 Å². The van der Waals surface area contributed by atoms with Crippen molar-refractivity contribution in [2.24, 2.45) is 0 Å². The molecule has 0 saturated heterocycles. The Morgan fingerprint density at radius 2 is 1.65 bits per heavy atom. The number of hydrogen-bond acceptors (Lipinski definition) is 6. The molecule has 0 fully saturated rings. The number of aryl methyl sites for hydroxylation is 1. The normalized spacial score (nSPS) is 11.2. The lowest BCUT2D eigenvalue weighted by molar-refractivity contribution is 0.0602. The summed E-state index contributed by atoms with van der Waals surface area (Å²) in [6.07, 6.45) is 0. The Labute approximate surface area is 199 Å². The van der Waals surface area contributed by atoms with Gasteiger partial charge in [-0.1, -0.05) is 29.8 Å². The second-order valence-corrected chi connectivity index (χ2v) is 9.64. The molecule has 0 aliphatic carbocycles. The summed E-state index contributed by atoms with van der Waals surface area (Å²) >= 11 is 0. The smallest absolute Gasteiger partial charge is 0.339 e. The molecule has 3 rings (SSSR count). The van der Waals surface area contributed by atoms with Gasteiger partial charge in [0.1, 0.15) is 5.75 Å². The highest BCUT2D eigenvalue weighted by Crippen LogP contribution is 2.25. The van der Waals surface area contributed by atoms with E-state index in [4.69, 9.17) is 9.47 Å². The van der Waals surface area contributed by atoms with E-state index < -0.39 is 21.9 Å². The van der Waals surface area contributed by atoms with Crippen LogP contribution in [0.15, 0.2) is 71.6 Å². The predicted octanol–water partition coefficient (Wildman–Crippen LogP) is 3.86. The van der Waals surface area contributed by atoms with Gasteiger partial charge in [-0.25, -0.2) is 13.2 Å². The van der Waals surface area contributed by atoms with Crippen molar-refractivity contribution in [1.29, 1.82) is 0 Å². The monoisotopic (exact) mass is 482 g/mol. The minimum atomic E-state index is -3.75. The molecule has 178 valence electrons. The van der Waals surface area contributed by atoms with Crippen LogP contribution >= 0.6 is 0 Å². The molecule has 1 amide bonds. The molecule has 0 unspecified atom stereocenters. The summed E-state index contributed by atoms with van der Waals surface area (Å²) in [5, 5.41) is 2.71. The molecule has 0 heterocycles. The van der Waals surface area contributed by atoms with Crippen LogP contribution in [0.2, 0.25) is 0 Å². The fourth-order valence-electron chi connectivity index (χ4n) is 3.33. The zero-order valence-electron chi connectivity index (χ0n) is 19.4. The Bertz CT molecular complexity index is 1300. The van der Waals surface area contributed by atoms with Crippen molar-refractivity contribution in [3.63, 3.8) is 0 Å². The van der Waals surface area contributed by atoms with Crippen molar-refractivity contribution in [3.05, 3.63) is 89.0 Å². The number of sulfonamides is 1. The topological polar surface area (TPSA) is 102 Å². The van der Waals surface area contributed by atoms with E-state index in [0.29, 0.717) is 17.0 Å². The first-order valence-corrected chi connectivity index (χ1v) is 11.8. The van der Waals surface area contributed by atoms with Crippen molar-refractivity contribution in [2.45, 2.75) is 18.4 Å². The first-order valence-electron chi connectivity index (χ1n) is 10.4. The van der Waals surface area contributed by atoms with E-state index in [9.17, 15) is 18.0 Å². The van der Waals surface area contributed by atoms with Crippen LogP contribution in [-0.2, 0) is 21.3 Å². The molecule has 0 radical (unpaired) electrons. The van der Waals surface area contributed by atoms with Crippen LogP contribution in [0.25, 0.3) is 0 Å². The molecule has 8 nitrogen and oxygen atoms in total. The van der Waals surface area contributed by atoms with E-state index in [1.54, 1.807) is 66.7 Å². The van der Waals surface area contributed by atoms with Crippen molar-refractivity contribution >= 4 is 27.6 Å². The molecule has 3 aromatic carbocycles. The number of rotatable bonds is 8. The Kier molecular flexibility index (Phi) is 7.70. The lowest BCUT2D eigenvalue weighted by atomic mass is 10.1. The SMILES string of the molecule is COC(=O)c1ccccc1NC(=O)c1ccc(OC)c(CN(C)S(=O)(=O)c2ccc(C)cc2)c1. The van der Waals surface area contributed by atoms with Gasteiger partial charge in [0.15, 0.2) is 0 Å². The van der Waals surface area contributed by atoms with Gasteiger partial charge in [0.05, 0.1) is 30.4 Å². The van der Waals surface area contributed by atoms with E-state index in [1.807, 2.05) is 6.92 Å². The highest BCUT2D eigenvalue weighted by atomic mass is 32.2. The number of carbonyl (C=O) groups is 2. The maximum atomic E-state index is 13.0. The van der Waals surface area contributed by atoms with Gasteiger partial charge in [0.25, 0.3) is 5.91 Å². The van der Waals surface area contributed by atoms with Crippen molar-refractivity contribution < 1.29 is 27.5 Å². The second kappa shape index (κ2) is 10.5. The minimum Gasteiger partial charge on any atom is -0.496 e. The van der Waals surface area contributed by atoms with Crippen LogP contribution in [0.5, 0.6) is 5.75 Å². The summed E-state index contributed by atoms with van der Waals surface area (Å²) in [6.45, 7) is 1.87. The van der Waals surface area contributed by atoms with Gasteiger partial charge in [0, 0.05) is 24.7 Å². The van der Waals surface area contributed by atoms with E-state index in [-0.39, 0.29) is 22.6 Å². The number of esters is 1. The number of para-hydroxylation sites is 1. The summed E-state index contributed by atoms with van der Waals surface area (Å²) < 4.78 is 37.3. The third-order valence-corrected chi connectivity index (χ3v) is 7.06. The zero-order chi connectivity index (χ0) is 24.9. The Morgan fingerprint density at radius 1 is 0.971 bits per heavy atom. The van der Waals surface area contributed by atoms with Crippen LogP contribution in [0, 0.1) is 6.92 Å². The largest absolute Gasteiger partial charge is 0.496 e. The summed E-state index contributed by atoms with van der Waals surface area (Å²) in [6, 6.07) is 17.8. The number of nitrogens with one attached hydrogen (secondary N) is 1. The van der Waals surface area contributed by atoms with E-state index >= 15 is 0 Å². The number of nitrogens with zero attached hydrogens (tertiary/aromatic N) is 1. The number of benzene rings is 3. The average Bonchev–Trinajstić information content (AvgIpc) is 2.84. The maximum Gasteiger partial charge on any atom is 0.339 e. The van der Waals surface area contributed by atoms with Crippen molar-refractivity contribution in [2.75, 3.05) is 26.6 Å². The molecular formula is C25H26N2O6S. The van der Waals surface area contributed by atoms with Gasteiger partial charge in [-0.3, -0.25) is 4.79 Å². The Morgan fingerprint density at radius 3 is 2.29 bits per heavy atom. The second-order valence-electron chi connectivity index (χ2n) is 7.59. The number of anilines is 1. The van der Waals surface area contributed by atoms with Crippen LogP contribution in [0.4, 0.5) is 5.69 Å². The lowest BCUT2D eigenvalue weighted by Crippen LogP contribution is -2.27. The predicted molar refractivity (Wildman–Crippen MR) is 129 cm³/mol. The van der Waals surface area contributed by atoms with Crippen LogP contribution < -0.4 is 10.1 Å². The number of carbonyl (C=O) groups excluding carboxylic acids is 2. The fourth-order valence-corrected chi connectivity index (χ4v) is 4.48. The number of hydrogen-bond donors (Lipinski definition) is 1. The highest BCUT2D eigenvalue weighted by Gasteiger charge is 2.23. The lowest BCUT2D eigenvalue weighted by Gasteiger charge is -2.19. The number of methoxy groups -OCH3 is 2. The van der Waals surface area contributed by atoms with Crippen molar-refractivity contribution in [1.82, 2.24) is 4.31 Å². The van der Waals surface area contributed by atoms with Gasteiger partial charge in [0.2, 0.25) is 10.0 Å². The van der Waals surface area contributed by atoms with Gasteiger partial charge >= 0.3 is 5.97 Å². The summed E-state index contributed by atoms with van der Waals surface area (Å²) in [5.41, 5.74) is 2.26. The Hall–Kier alpha value is -3.69. The molecule has 0 aromatic heterocycles. The first kappa shape index (κ1) is 24.9. The highest BCUT2D eigenvalue weighted by molar-refractivity contribution is 7.89. The third kappa shape index (κ3) is 5.44. The fraction of sp³-hybridized carbons (Fsp3) is 0.200. The summed E-state index contributed by atoms with van der Waals surface area (Å²) in [4.78, 5) is 25.1. The summed E-state index contributed by atoms with van der Waals surface area (Å²) in [7, 11) is 0.447. The summed E-state index contributed by atoms with van der Waals surface area (Å²) in [5.74, 6) is -0.601. The molecule has 0 atom stereocenters. The molecule has 1 N–H and O–H groups in total. The van der Waals surface area contributed by atoms with Gasteiger partial charge < -0.3 is 14.8 Å². The maximum absolute atomic E-state index is 13.0. The third-order valence-electron chi connectivity index (χ3n) is 5.25. The number of amides is 1. The minimum absolute atomic E-state index is 0.0146. The molecule has 34 heavy (non-hydrogen) atoms. The van der Waals surface area contributed by atoms with Crippen molar-refractivity contribution in [3.8, 4) is 5.75 Å². The molecule has 3 aromatic rings. The molecular weight excluding hydrogens is 456 g/mol. The van der Waals surface area contributed by atoms with Crippen LogP contribution in [-0.4, -0.2) is 45.9 Å². The molecule has 0 aliphatic rings. The van der Waals surface area contributed by atoms with Gasteiger partial charge in [-0.05, 0) is 49.4 Å².